The molecule has 0 atom stereocenters. The molecule has 1 saturated heterocycles. The summed E-state index contributed by atoms with van der Waals surface area (Å²) < 4.78 is 13.1. The molecule has 2 aromatic rings. The normalized spacial score (nSPS) is 23.1. The van der Waals surface area contributed by atoms with Gasteiger partial charge in [0, 0.05) is 0 Å². The van der Waals surface area contributed by atoms with Crippen LogP contribution < -0.4 is 5.19 Å². The second kappa shape index (κ2) is 5.19. The molecule has 3 rings (SSSR count). The van der Waals surface area contributed by atoms with Crippen LogP contribution in [0.3, 0.4) is 0 Å². The lowest BCUT2D eigenvalue weighted by Crippen LogP contribution is -2.56. The lowest BCUT2D eigenvalue weighted by Gasteiger charge is -2.36. The summed E-state index contributed by atoms with van der Waals surface area (Å²) in [7, 11) is -2.45. The van der Waals surface area contributed by atoms with Crippen molar-refractivity contribution in [1.29, 1.82) is 0 Å². The highest BCUT2D eigenvalue weighted by Crippen LogP contribution is 2.35. The molecule has 0 aromatic heterocycles. The highest BCUT2D eigenvalue weighted by Gasteiger charge is 2.47. The van der Waals surface area contributed by atoms with E-state index in [-0.39, 0.29) is 11.2 Å². The summed E-state index contributed by atoms with van der Waals surface area (Å²) in [5.74, 6) is 0. The summed E-state index contributed by atoms with van der Waals surface area (Å²) in [6.45, 7) is 10.9. The van der Waals surface area contributed by atoms with Crippen LogP contribution in [0.1, 0.15) is 40.5 Å². The van der Waals surface area contributed by atoms with Crippen molar-refractivity contribution in [2.24, 2.45) is 0 Å². The fourth-order valence-electron chi connectivity index (χ4n) is 3.37. The topological polar surface area (TPSA) is 18.5 Å². The fraction of sp³-hybridized carbons (Fsp3) is 0.474. The van der Waals surface area contributed by atoms with Gasteiger partial charge in [-0.2, -0.15) is 0 Å². The predicted molar refractivity (Wildman–Crippen MR) is 94.8 cm³/mol. The zero-order valence-corrected chi connectivity index (χ0v) is 15.3. The second-order valence-corrected chi connectivity index (χ2v) is 10.6. The fourth-order valence-corrected chi connectivity index (χ4v) is 6.76. The van der Waals surface area contributed by atoms with E-state index >= 15 is 0 Å². The molecule has 0 spiro atoms. The maximum absolute atomic E-state index is 6.57. The third kappa shape index (κ3) is 3.12. The van der Waals surface area contributed by atoms with Crippen LogP contribution >= 0.6 is 0 Å². The SMILES string of the molecule is CC1(C)CCC(C)(C)O[Si](C)(c2ccc3ccccc3c2)O1. The summed E-state index contributed by atoms with van der Waals surface area (Å²) in [5.41, 5.74) is -0.277. The molecule has 22 heavy (non-hydrogen) atoms. The van der Waals surface area contributed by atoms with Gasteiger partial charge in [0.1, 0.15) is 0 Å². The largest absolute Gasteiger partial charge is 0.386 e. The third-order valence-corrected chi connectivity index (χ3v) is 7.79. The van der Waals surface area contributed by atoms with Crippen molar-refractivity contribution in [3.8, 4) is 0 Å². The Morgan fingerprint density at radius 3 is 1.95 bits per heavy atom. The summed E-state index contributed by atoms with van der Waals surface area (Å²) in [6, 6.07) is 15.1. The Bertz CT molecular complexity index is 673. The second-order valence-electron chi connectivity index (χ2n) is 7.73. The van der Waals surface area contributed by atoms with E-state index < -0.39 is 8.56 Å². The monoisotopic (exact) mass is 314 g/mol. The van der Waals surface area contributed by atoms with E-state index in [0.29, 0.717) is 0 Å². The Kier molecular flexibility index (Phi) is 3.71. The molecule has 0 bridgehead atoms. The van der Waals surface area contributed by atoms with Crippen molar-refractivity contribution in [2.75, 3.05) is 0 Å². The summed E-state index contributed by atoms with van der Waals surface area (Å²) in [4.78, 5) is 0. The van der Waals surface area contributed by atoms with Gasteiger partial charge in [-0.25, -0.2) is 0 Å². The van der Waals surface area contributed by atoms with Crippen LogP contribution in [0.15, 0.2) is 42.5 Å². The molecule has 2 nitrogen and oxygen atoms in total. The van der Waals surface area contributed by atoms with E-state index in [9.17, 15) is 0 Å². The first-order valence-corrected chi connectivity index (χ1v) is 10.4. The average molecular weight is 315 g/mol. The van der Waals surface area contributed by atoms with Gasteiger partial charge in [-0.3, -0.25) is 0 Å². The molecule has 3 heteroatoms. The van der Waals surface area contributed by atoms with Gasteiger partial charge in [-0.1, -0.05) is 42.5 Å². The summed E-state index contributed by atoms with van der Waals surface area (Å²) in [6.07, 6.45) is 2.05. The highest BCUT2D eigenvalue weighted by molar-refractivity contribution is 6.80. The molecule has 1 heterocycles. The lowest BCUT2D eigenvalue weighted by molar-refractivity contribution is 0.0544. The number of fused-ring (bicyclic) bond motifs is 1. The van der Waals surface area contributed by atoms with E-state index in [1.807, 2.05) is 0 Å². The van der Waals surface area contributed by atoms with E-state index in [4.69, 9.17) is 8.85 Å². The Morgan fingerprint density at radius 1 is 0.818 bits per heavy atom. The Morgan fingerprint density at radius 2 is 1.36 bits per heavy atom. The van der Waals surface area contributed by atoms with Gasteiger partial charge in [0.2, 0.25) is 0 Å². The molecule has 2 aromatic carbocycles. The Labute approximate surface area is 134 Å². The minimum atomic E-state index is -2.45. The molecule has 1 aliphatic rings. The number of hydrogen-bond donors (Lipinski definition) is 0. The van der Waals surface area contributed by atoms with Crippen LogP contribution in [0.25, 0.3) is 10.8 Å². The summed E-state index contributed by atoms with van der Waals surface area (Å²) >= 11 is 0. The minimum absolute atomic E-state index is 0.139. The molecule has 1 aliphatic heterocycles. The quantitative estimate of drug-likeness (QED) is 0.721. The number of hydrogen-bond acceptors (Lipinski definition) is 2. The van der Waals surface area contributed by atoms with Crippen LogP contribution in [0.4, 0.5) is 0 Å². The Hall–Kier alpha value is -1.16. The first kappa shape index (κ1) is 15.7. The van der Waals surface area contributed by atoms with Gasteiger partial charge in [0.25, 0.3) is 0 Å². The minimum Gasteiger partial charge on any atom is -0.386 e. The first-order valence-electron chi connectivity index (χ1n) is 8.09. The highest BCUT2D eigenvalue weighted by atomic mass is 28.4. The van der Waals surface area contributed by atoms with Gasteiger partial charge in [0.05, 0.1) is 11.2 Å². The van der Waals surface area contributed by atoms with E-state index in [1.165, 1.54) is 16.0 Å². The van der Waals surface area contributed by atoms with Gasteiger partial charge in [0.15, 0.2) is 0 Å². The predicted octanol–water partition coefficient (Wildman–Crippen LogP) is 4.50. The van der Waals surface area contributed by atoms with E-state index in [0.717, 1.165) is 12.8 Å². The molecule has 0 saturated carbocycles. The van der Waals surface area contributed by atoms with Crippen molar-refractivity contribution in [1.82, 2.24) is 0 Å². The van der Waals surface area contributed by atoms with Crippen molar-refractivity contribution >= 4 is 24.5 Å². The molecule has 0 unspecified atom stereocenters. The number of rotatable bonds is 1. The van der Waals surface area contributed by atoms with E-state index in [1.54, 1.807) is 0 Å². The molecular formula is C19H26O2Si. The van der Waals surface area contributed by atoms with E-state index in [2.05, 4.69) is 76.7 Å². The summed E-state index contributed by atoms with van der Waals surface area (Å²) in [5, 5.41) is 3.73. The standard InChI is InChI=1S/C19H26O2Si/c1-18(2)12-13-19(3,4)21-22(5,20-18)17-11-10-15-8-6-7-9-16(15)14-17/h6-11,14H,12-13H2,1-5H3. The third-order valence-electron chi connectivity index (χ3n) is 4.55. The smallest absolute Gasteiger partial charge is 0.370 e. The van der Waals surface area contributed by atoms with Crippen LogP contribution in [-0.2, 0) is 8.85 Å². The molecule has 0 radical (unpaired) electrons. The van der Waals surface area contributed by atoms with Crippen LogP contribution in [-0.4, -0.2) is 19.8 Å². The maximum Gasteiger partial charge on any atom is 0.370 e. The van der Waals surface area contributed by atoms with Crippen molar-refractivity contribution in [3.63, 3.8) is 0 Å². The van der Waals surface area contributed by atoms with Crippen LogP contribution in [0.2, 0.25) is 6.55 Å². The van der Waals surface area contributed by atoms with Crippen molar-refractivity contribution < 1.29 is 8.85 Å². The van der Waals surface area contributed by atoms with Gasteiger partial charge < -0.3 is 8.85 Å². The first-order chi connectivity index (χ1) is 10.2. The van der Waals surface area contributed by atoms with Gasteiger partial charge in [-0.05, 0) is 63.0 Å². The zero-order valence-electron chi connectivity index (χ0n) is 14.3. The van der Waals surface area contributed by atoms with Crippen molar-refractivity contribution in [2.45, 2.75) is 58.3 Å². The zero-order chi connectivity index (χ0) is 16.0. The van der Waals surface area contributed by atoms with Gasteiger partial charge >= 0.3 is 8.56 Å². The molecule has 0 aliphatic carbocycles. The maximum atomic E-state index is 6.57. The van der Waals surface area contributed by atoms with Gasteiger partial charge in [-0.15, -0.1) is 0 Å². The number of benzene rings is 2. The molecule has 118 valence electrons. The average Bonchev–Trinajstić information content (AvgIpc) is 2.52. The Balaban J connectivity index is 2.08. The molecule has 0 amide bonds. The lowest BCUT2D eigenvalue weighted by atomic mass is 9.94. The molecule has 1 fully saturated rings. The van der Waals surface area contributed by atoms with Crippen molar-refractivity contribution in [3.05, 3.63) is 42.5 Å². The molecule has 0 N–H and O–H groups in total. The molecular weight excluding hydrogens is 288 g/mol. The van der Waals surface area contributed by atoms with Crippen LogP contribution in [0.5, 0.6) is 0 Å². The van der Waals surface area contributed by atoms with Crippen LogP contribution in [0, 0.1) is 0 Å².